The molecule has 0 aromatic rings. The lowest BCUT2D eigenvalue weighted by molar-refractivity contribution is -0.164. The van der Waals surface area contributed by atoms with Crippen LogP contribution in [0.25, 0.3) is 0 Å². The zero-order valence-electron chi connectivity index (χ0n) is 34.4. The van der Waals surface area contributed by atoms with Crippen molar-refractivity contribution in [1.29, 1.82) is 0 Å². The van der Waals surface area contributed by atoms with Gasteiger partial charge in [0, 0.05) is 25.7 Å². The topological polar surface area (TPSA) is 83.1 Å². The van der Waals surface area contributed by atoms with Crippen molar-refractivity contribution in [2.24, 2.45) is 29.1 Å². The molecule has 2 aliphatic rings. The van der Waals surface area contributed by atoms with Crippen molar-refractivity contribution in [2.75, 3.05) is 20.3 Å². The molecule has 0 aromatic heterocycles. The molecule has 0 saturated heterocycles. The van der Waals surface area contributed by atoms with Crippen molar-refractivity contribution in [3.05, 3.63) is 23.8 Å². The van der Waals surface area contributed by atoms with E-state index < -0.39 is 22.0 Å². The first-order valence-electron chi connectivity index (χ1n) is 19.1. The third-order valence-corrected chi connectivity index (χ3v) is 21.3. The molecule has 2 aliphatic carbocycles. The van der Waals surface area contributed by atoms with E-state index in [9.17, 15) is 9.59 Å². The number of hydrogen-bond acceptors (Lipinski definition) is 6. The lowest BCUT2D eigenvalue weighted by atomic mass is 9.65. The van der Waals surface area contributed by atoms with Crippen molar-refractivity contribution in [1.82, 2.24) is 5.32 Å². The number of nitrogens with one attached hydrogen (secondary N) is 1. The molecule has 0 aromatic carbocycles. The van der Waals surface area contributed by atoms with Gasteiger partial charge in [0.1, 0.15) is 6.10 Å². The van der Waals surface area contributed by atoms with Crippen LogP contribution in [0.2, 0.25) is 36.3 Å². The third kappa shape index (κ3) is 12.4. The van der Waals surface area contributed by atoms with Crippen LogP contribution in [0.5, 0.6) is 0 Å². The highest BCUT2D eigenvalue weighted by Gasteiger charge is 2.45. The van der Waals surface area contributed by atoms with Gasteiger partial charge in [-0.25, -0.2) is 0 Å². The number of esters is 1. The minimum absolute atomic E-state index is 0.0105. The van der Waals surface area contributed by atoms with Crippen molar-refractivity contribution in [2.45, 2.75) is 169 Å². The fraction of sp³-hybridized carbons (Fsp3) is 0.850. The third-order valence-electron chi connectivity index (χ3n) is 12.2. The Morgan fingerprint density at radius 2 is 1.51 bits per heavy atom. The molecule has 0 aliphatic heterocycles. The molecule has 9 heteroatoms. The molecule has 7 atom stereocenters. The van der Waals surface area contributed by atoms with E-state index in [2.05, 4.69) is 112 Å². The van der Waals surface area contributed by atoms with Crippen LogP contribution >= 0.6 is 0 Å². The summed E-state index contributed by atoms with van der Waals surface area (Å²) in [7, 11) is -2.70. The molecule has 1 N–H and O–H groups in total. The van der Waals surface area contributed by atoms with E-state index in [1.54, 1.807) is 7.11 Å². The van der Waals surface area contributed by atoms with Gasteiger partial charge in [-0.1, -0.05) is 80.5 Å². The summed E-state index contributed by atoms with van der Waals surface area (Å²) in [6.07, 6.45) is 10.9. The molecular weight excluding hydrogens is 647 g/mol. The molecule has 2 rings (SSSR count). The highest BCUT2D eigenvalue weighted by Crippen LogP contribution is 2.47. The van der Waals surface area contributed by atoms with Crippen LogP contribution in [0.1, 0.15) is 115 Å². The monoisotopic (exact) mass is 722 g/mol. The van der Waals surface area contributed by atoms with E-state index in [1.165, 1.54) is 5.57 Å². The minimum Gasteiger partial charge on any atom is -0.461 e. The predicted octanol–water partition coefficient (Wildman–Crippen LogP) is 9.84. The second-order valence-electron chi connectivity index (χ2n) is 18.8. The summed E-state index contributed by atoms with van der Waals surface area (Å²) in [5, 5.41) is 3.08. The molecule has 0 bridgehead atoms. The summed E-state index contributed by atoms with van der Waals surface area (Å²) in [6, 6.07) is 0. The van der Waals surface area contributed by atoms with Gasteiger partial charge < -0.3 is 23.6 Å². The summed E-state index contributed by atoms with van der Waals surface area (Å²) < 4.78 is 25.9. The number of allylic oxidation sites excluding steroid dienone is 3. The quantitative estimate of drug-likeness (QED) is 0.0915. The van der Waals surface area contributed by atoms with Crippen molar-refractivity contribution in [3.63, 3.8) is 0 Å². The van der Waals surface area contributed by atoms with E-state index in [0.29, 0.717) is 43.7 Å². The van der Waals surface area contributed by atoms with Gasteiger partial charge in [0.2, 0.25) is 5.91 Å². The Bertz CT molecular complexity index is 1150. The summed E-state index contributed by atoms with van der Waals surface area (Å²) in [5.74, 6) is 1.06. The number of amides is 1. The highest BCUT2D eigenvalue weighted by atomic mass is 28.4. The number of methoxy groups -OCH3 is 1. The molecule has 0 spiro atoms. The number of carbonyl (C=O) groups is 2. The molecule has 284 valence electrons. The number of hydrogen-bond donors (Lipinski definition) is 1. The molecule has 49 heavy (non-hydrogen) atoms. The number of ether oxygens (including phenoxy) is 2. The molecule has 1 amide bonds. The standard InChI is InChI=1S/C40H75NO6Si2/c1-17-40(10,11)37(43)45-34-25-28(2)24-30-19-18-29(3)33(36(30)34)21-20-31(46-48(13,14)38(4,5)6)26-32(27-35(42)41-22-23-44-12)47-49(15,16)39(7,8)9/h18-19,24,28-29,31-34,36H,17,20-23,25-27H2,1-16H3,(H,41,42)/t28-,29-,31+,32+,33-,34-,36-/m0/s1. The Hall–Kier alpha value is -1.27. The lowest BCUT2D eigenvalue weighted by Crippen LogP contribution is -2.48. The second-order valence-corrected chi connectivity index (χ2v) is 28.3. The normalized spacial score (nSPS) is 24.9. The van der Waals surface area contributed by atoms with E-state index in [-0.39, 0.29) is 46.2 Å². The van der Waals surface area contributed by atoms with Crippen molar-refractivity contribution < 1.29 is 27.9 Å². The van der Waals surface area contributed by atoms with Crippen molar-refractivity contribution >= 4 is 28.5 Å². The zero-order chi connectivity index (χ0) is 37.6. The Morgan fingerprint density at radius 3 is 2.04 bits per heavy atom. The average molecular weight is 722 g/mol. The van der Waals surface area contributed by atoms with Crippen LogP contribution in [-0.4, -0.2) is 67.1 Å². The second kappa shape index (κ2) is 17.5. The fourth-order valence-corrected chi connectivity index (χ4v) is 9.26. The predicted molar refractivity (Wildman–Crippen MR) is 209 cm³/mol. The first kappa shape index (κ1) is 43.9. The maximum absolute atomic E-state index is 13.4. The van der Waals surface area contributed by atoms with Gasteiger partial charge in [-0.2, -0.15) is 0 Å². The van der Waals surface area contributed by atoms with Crippen LogP contribution in [-0.2, 0) is 27.9 Å². The minimum atomic E-state index is -2.19. The maximum atomic E-state index is 13.4. The summed E-state index contributed by atoms with van der Waals surface area (Å²) >= 11 is 0. The molecule has 0 heterocycles. The Balaban J connectivity index is 2.46. The lowest BCUT2D eigenvalue weighted by Gasteiger charge is -2.45. The number of carbonyl (C=O) groups excluding carboxylic acids is 2. The van der Waals surface area contributed by atoms with Crippen LogP contribution in [0.15, 0.2) is 23.8 Å². The largest absolute Gasteiger partial charge is 0.461 e. The van der Waals surface area contributed by atoms with Gasteiger partial charge >= 0.3 is 5.97 Å². The molecular formula is C40H75NO6Si2. The number of rotatable bonds is 17. The van der Waals surface area contributed by atoms with E-state index in [1.807, 2.05) is 13.8 Å². The first-order chi connectivity index (χ1) is 22.3. The maximum Gasteiger partial charge on any atom is 0.311 e. The molecule has 0 radical (unpaired) electrons. The van der Waals surface area contributed by atoms with Crippen LogP contribution in [0, 0.1) is 29.1 Å². The van der Waals surface area contributed by atoms with Gasteiger partial charge in [-0.15, -0.1) is 0 Å². The van der Waals surface area contributed by atoms with Gasteiger partial charge in [-0.05, 0) is 106 Å². The first-order valence-corrected chi connectivity index (χ1v) is 24.9. The highest BCUT2D eigenvalue weighted by molar-refractivity contribution is 6.74. The molecule has 0 saturated carbocycles. The van der Waals surface area contributed by atoms with E-state index in [4.69, 9.17) is 18.3 Å². The van der Waals surface area contributed by atoms with Gasteiger partial charge in [0.25, 0.3) is 0 Å². The molecule has 7 nitrogen and oxygen atoms in total. The summed E-state index contributed by atoms with van der Waals surface area (Å²) in [6.45, 7) is 34.3. The van der Waals surface area contributed by atoms with Crippen molar-refractivity contribution in [3.8, 4) is 0 Å². The smallest absolute Gasteiger partial charge is 0.311 e. The van der Waals surface area contributed by atoms with E-state index >= 15 is 0 Å². The van der Waals surface area contributed by atoms with E-state index in [0.717, 1.165) is 25.7 Å². The van der Waals surface area contributed by atoms with Gasteiger partial charge in [-0.3, -0.25) is 9.59 Å². The number of fused-ring (bicyclic) bond motifs is 1. The Kier molecular flexibility index (Phi) is 15.7. The molecule has 0 fully saturated rings. The van der Waals surface area contributed by atoms with Crippen LogP contribution < -0.4 is 5.32 Å². The van der Waals surface area contributed by atoms with Crippen LogP contribution in [0.4, 0.5) is 0 Å². The Labute approximate surface area is 303 Å². The summed E-state index contributed by atoms with van der Waals surface area (Å²) in [5.41, 5.74) is 0.801. The van der Waals surface area contributed by atoms with Gasteiger partial charge in [0.15, 0.2) is 16.6 Å². The summed E-state index contributed by atoms with van der Waals surface area (Å²) in [4.78, 5) is 26.6. The zero-order valence-corrected chi connectivity index (χ0v) is 36.4. The Morgan fingerprint density at radius 1 is 0.939 bits per heavy atom. The fourth-order valence-electron chi connectivity index (χ4n) is 6.49. The average Bonchev–Trinajstić information content (AvgIpc) is 2.95. The SMILES string of the molecule is CCC(C)(C)C(=O)O[C@H]1C[C@@H](C)C=C2C=C[C@H](C)[C@H](CC[C@H](C[C@H](CC(=O)NCCOC)O[Si](C)(C)C(C)(C)C)O[Si](C)(C)C(C)(C)C)[C@H]21. The molecule has 0 unspecified atom stereocenters. The van der Waals surface area contributed by atoms with Crippen LogP contribution in [0.3, 0.4) is 0 Å². The van der Waals surface area contributed by atoms with Gasteiger partial charge in [0.05, 0.1) is 24.5 Å².